The van der Waals surface area contributed by atoms with E-state index >= 15 is 0 Å². The average molecular weight is 243 g/mol. The SMILES string of the molecule is CCC(CC)N1CCO[C@@H](C)[C@@H]1CCC(=O)O. The molecule has 4 heteroatoms. The zero-order valence-corrected chi connectivity index (χ0v) is 11.2. The third-order valence-electron chi connectivity index (χ3n) is 3.76. The zero-order chi connectivity index (χ0) is 12.8. The van der Waals surface area contributed by atoms with Crippen LogP contribution in [0.4, 0.5) is 0 Å². The molecule has 1 fully saturated rings. The monoisotopic (exact) mass is 243 g/mol. The van der Waals surface area contributed by atoms with Crippen molar-refractivity contribution < 1.29 is 14.6 Å². The highest BCUT2D eigenvalue weighted by atomic mass is 16.5. The molecule has 1 aliphatic rings. The molecule has 0 amide bonds. The summed E-state index contributed by atoms with van der Waals surface area (Å²) < 4.78 is 5.66. The number of hydrogen-bond acceptors (Lipinski definition) is 3. The molecule has 0 bridgehead atoms. The third kappa shape index (κ3) is 3.96. The molecule has 0 aromatic heterocycles. The Morgan fingerprint density at radius 1 is 1.47 bits per heavy atom. The Bertz CT molecular complexity index is 241. The fraction of sp³-hybridized carbons (Fsp3) is 0.923. The van der Waals surface area contributed by atoms with E-state index in [-0.39, 0.29) is 18.6 Å². The van der Waals surface area contributed by atoms with Gasteiger partial charge in [-0.05, 0) is 26.2 Å². The van der Waals surface area contributed by atoms with Crippen LogP contribution in [-0.2, 0) is 9.53 Å². The number of rotatable bonds is 6. The maximum Gasteiger partial charge on any atom is 0.303 e. The van der Waals surface area contributed by atoms with Crippen molar-refractivity contribution in [3.63, 3.8) is 0 Å². The number of carbonyl (C=O) groups is 1. The fourth-order valence-electron chi connectivity index (χ4n) is 2.77. The largest absolute Gasteiger partial charge is 0.481 e. The number of nitrogens with zero attached hydrogens (tertiary/aromatic N) is 1. The molecule has 100 valence electrons. The Kier molecular flexibility index (Phi) is 5.92. The predicted molar refractivity (Wildman–Crippen MR) is 67.1 cm³/mol. The van der Waals surface area contributed by atoms with E-state index in [0.29, 0.717) is 12.5 Å². The smallest absolute Gasteiger partial charge is 0.303 e. The summed E-state index contributed by atoms with van der Waals surface area (Å²) in [6, 6.07) is 0.810. The van der Waals surface area contributed by atoms with Gasteiger partial charge in [-0.15, -0.1) is 0 Å². The van der Waals surface area contributed by atoms with Gasteiger partial charge in [0.15, 0.2) is 0 Å². The van der Waals surface area contributed by atoms with Gasteiger partial charge in [0.2, 0.25) is 0 Å². The fourth-order valence-corrected chi connectivity index (χ4v) is 2.77. The first-order valence-electron chi connectivity index (χ1n) is 6.69. The van der Waals surface area contributed by atoms with Crippen molar-refractivity contribution in [2.45, 2.75) is 64.6 Å². The highest BCUT2D eigenvalue weighted by Gasteiger charge is 2.32. The summed E-state index contributed by atoms with van der Waals surface area (Å²) in [5, 5.41) is 8.81. The first-order valence-corrected chi connectivity index (χ1v) is 6.69. The standard InChI is InChI=1S/C13H25NO3/c1-4-11(5-2)14-8-9-17-10(3)12(14)6-7-13(15)16/h10-12H,4-9H2,1-3H3,(H,15,16)/t10-,12-/m0/s1. The molecule has 17 heavy (non-hydrogen) atoms. The molecule has 1 aliphatic heterocycles. The lowest BCUT2D eigenvalue weighted by Gasteiger charge is -2.44. The molecule has 1 N–H and O–H groups in total. The van der Waals surface area contributed by atoms with Crippen LogP contribution in [0.5, 0.6) is 0 Å². The molecule has 2 atom stereocenters. The van der Waals surface area contributed by atoms with Crippen LogP contribution in [0.15, 0.2) is 0 Å². The first kappa shape index (κ1) is 14.5. The van der Waals surface area contributed by atoms with Gasteiger partial charge < -0.3 is 9.84 Å². The number of morpholine rings is 1. The van der Waals surface area contributed by atoms with E-state index in [9.17, 15) is 4.79 Å². The van der Waals surface area contributed by atoms with E-state index in [4.69, 9.17) is 9.84 Å². The average Bonchev–Trinajstić information content (AvgIpc) is 2.29. The summed E-state index contributed by atoms with van der Waals surface area (Å²) >= 11 is 0. The van der Waals surface area contributed by atoms with Crippen molar-refractivity contribution in [2.75, 3.05) is 13.2 Å². The maximum atomic E-state index is 10.7. The van der Waals surface area contributed by atoms with Gasteiger partial charge in [0, 0.05) is 25.0 Å². The van der Waals surface area contributed by atoms with Gasteiger partial charge in [-0.2, -0.15) is 0 Å². The minimum atomic E-state index is -0.715. The predicted octanol–water partition coefficient (Wildman–Crippen LogP) is 2.13. The summed E-state index contributed by atoms with van der Waals surface area (Å²) in [5.41, 5.74) is 0. The summed E-state index contributed by atoms with van der Waals surface area (Å²) in [5.74, 6) is -0.715. The molecule has 0 unspecified atom stereocenters. The molecule has 0 aromatic carbocycles. The van der Waals surface area contributed by atoms with E-state index in [1.807, 2.05) is 0 Å². The Morgan fingerprint density at radius 2 is 2.12 bits per heavy atom. The number of aliphatic carboxylic acids is 1. The second-order valence-electron chi connectivity index (χ2n) is 4.78. The van der Waals surface area contributed by atoms with Crippen molar-refractivity contribution in [2.24, 2.45) is 0 Å². The third-order valence-corrected chi connectivity index (χ3v) is 3.76. The molecule has 4 nitrogen and oxygen atoms in total. The Balaban J connectivity index is 2.65. The lowest BCUT2D eigenvalue weighted by Crippen LogP contribution is -2.54. The molecule has 1 heterocycles. The van der Waals surface area contributed by atoms with Gasteiger partial charge >= 0.3 is 5.97 Å². The Morgan fingerprint density at radius 3 is 2.65 bits per heavy atom. The van der Waals surface area contributed by atoms with E-state index in [0.717, 1.165) is 26.0 Å². The van der Waals surface area contributed by atoms with Crippen LogP contribution in [0, 0.1) is 0 Å². The van der Waals surface area contributed by atoms with E-state index in [1.165, 1.54) is 0 Å². The van der Waals surface area contributed by atoms with Crippen molar-refractivity contribution in [3.05, 3.63) is 0 Å². The van der Waals surface area contributed by atoms with Crippen molar-refractivity contribution >= 4 is 5.97 Å². The highest BCUT2D eigenvalue weighted by Crippen LogP contribution is 2.23. The topological polar surface area (TPSA) is 49.8 Å². The van der Waals surface area contributed by atoms with Crippen LogP contribution in [0.25, 0.3) is 0 Å². The van der Waals surface area contributed by atoms with Crippen molar-refractivity contribution in [1.82, 2.24) is 4.90 Å². The first-order chi connectivity index (χ1) is 8.10. The Hall–Kier alpha value is -0.610. The molecule has 0 saturated carbocycles. The molecule has 0 radical (unpaired) electrons. The minimum absolute atomic E-state index is 0.142. The minimum Gasteiger partial charge on any atom is -0.481 e. The van der Waals surface area contributed by atoms with Gasteiger partial charge in [0.05, 0.1) is 12.7 Å². The molecular weight excluding hydrogens is 218 g/mol. The molecule has 0 spiro atoms. The highest BCUT2D eigenvalue weighted by molar-refractivity contribution is 5.66. The quantitative estimate of drug-likeness (QED) is 0.776. The van der Waals surface area contributed by atoms with Gasteiger partial charge in [0.1, 0.15) is 0 Å². The molecule has 0 aromatic rings. The van der Waals surface area contributed by atoms with Crippen molar-refractivity contribution in [3.8, 4) is 0 Å². The normalized spacial score (nSPS) is 26.4. The van der Waals surface area contributed by atoms with Crippen LogP contribution in [-0.4, -0.2) is 47.3 Å². The lowest BCUT2D eigenvalue weighted by molar-refractivity contribution is -0.138. The maximum absolute atomic E-state index is 10.7. The van der Waals surface area contributed by atoms with Gasteiger partial charge in [-0.3, -0.25) is 9.69 Å². The van der Waals surface area contributed by atoms with Crippen molar-refractivity contribution in [1.29, 1.82) is 0 Å². The second kappa shape index (κ2) is 6.97. The number of ether oxygens (including phenoxy) is 1. The number of carboxylic acid groups (broad SMARTS) is 1. The summed E-state index contributed by atoms with van der Waals surface area (Å²) in [7, 11) is 0. The summed E-state index contributed by atoms with van der Waals surface area (Å²) in [6.07, 6.45) is 3.30. The zero-order valence-electron chi connectivity index (χ0n) is 11.2. The van der Waals surface area contributed by atoms with Gasteiger partial charge in [0.25, 0.3) is 0 Å². The van der Waals surface area contributed by atoms with Crippen LogP contribution >= 0.6 is 0 Å². The van der Waals surface area contributed by atoms with E-state index in [2.05, 4.69) is 25.7 Å². The van der Waals surface area contributed by atoms with E-state index < -0.39 is 5.97 Å². The molecule has 1 rings (SSSR count). The van der Waals surface area contributed by atoms with Gasteiger partial charge in [-0.1, -0.05) is 13.8 Å². The van der Waals surface area contributed by atoms with E-state index in [1.54, 1.807) is 0 Å². The second-order valence-corrected chi connectivity index (χ2v) is 4.78. The van der Waals surface area contributed by atoms with Gasteiger partial charge in [-0.25, -0.2) is 0 Å². The summed E-state index contributed by atoms with van der Waals surface area (Å²) in [4.78, 5) is 13.2. The number of carboxylic acids is 1. The number of hydrogen-bond donors (Lipinski definition) is 1. The Labute approximate surface area is 104 Å². The molecular formula is C13H25NO3. The molecule has 0 aliphatic carbocycles. The van der Waals surface area contributed by atoms with Crippen LogP contribution in [0.2, 0.25) is 0 Å². The summed E-state index contributed by atoms with van der Waals surface area (Å²) in [6.45, 7) is 8.15. The lowest BCUT2D eigenvalue weighted by atomic mass is 9.98. The van der Waals surface area contributed by atoms with Crippen LogP contribution in [0.3, 0.4) is 0 Å². The van der Waals surface area contributed by atoms with Crippen LogP contribution in [0.1, 0.15) is 46.5 Å². The van der Waals surface area contributed by atoms with Crippen LogP contribution < -0.4 is 0 Å². The molecule has 1 saturated heterocycles.